The van der Waals surface area contributed by atoms with Crippen LogP contribution < -0.4 is 16.6 Å². The van der Waals surface area contributed by atoms with Crippen LogP contribution in [-0.4, -0.2) is 66.6 Å². The van der Waals surface area contributed by atoms with Crippen molar-refractivity contribution >= 4 is 0 Å². The van der Waals surface area contributed by atoms with Crippen molar-refractivity contribution in [3.05, 3.63) is 65.5 Å². The Bertz CT molecular complexity index is 798. The van der Waals surface area contributed by atoms with E-state index >= 15 is 0 Å². The van der Waals surface area contributed by atoms with Crippen LogP contribution in [0.1, 0.15) is 48.5 Å². The second-order valence-corrected chi connectivity index (χ2v) is 9.30. The Balaban J connectivity index is 1.38. The summed E-state index contributed by atoms with van der Waals surface area (Å²) in [6.45, 7) is 7.53. The van der Waals surface area contributed by atoms with Crippen molar-refractivity contribution in [3.8, 4) is 0 Å². The standard InChI is InChI=1S/C26H40N6/c27-30-15-4-5-17-32(25-12-6-10-23-11-7-14-29-26(23)25)21-24-20-31(19-16-28-24)18-13-22-8-2-1-3-9-22/h1-3,7-9,11,14,24-25,28,30H,4-6,10,12-13,15-21,27H2/t24-,25+/m1/s1. The molecule has 0 amide bonds. The molecule has 2 aliphatic rings. The SMILES string of the molecule is NNCCCCN(C[C@H]1CN(CCc2ccccc2)CCN1)[C@H]1CCCc2cccnc21. The van der Waals surface area contributed by atoms with Gasteiger partial charge in [0.1, 0.15) is 0 Å². The van der Waals surface area contributed by atoms with Gasteiger partial charge in [-0.3, -0.25) is 21.2 Å². The minimum absolute atomic E-state index is 0.437. The monoisotopic (exact) mass is 436 g/mol. The summed E-state index contributed by atoms with van der Waals surface area (Å²) in [5, 5.41) is 3.81. The maximum Gasteiger partial charge on any atom is 0.0607 e. The van der Waals surface area contributed by atoms with Crippen LogP contribution in [0.3, 0.4) is 0 Å². The first kappa shape index (κ1) is 23.3. The summed E-state index contributed by atoms with van der Waals surface area (Å²) in [5.74, 6) is 5.50. The topological polar surface area (TPSA) is 69.5 Å². The first-order chi connectivity index (χ1) is 15.8. The van der Waals surface area contributed by atoms with Crippen LogP contribution in [-0.2, 0) is 12.8 Å². The Labute approximate surface area is 193 Å². The third kappa shape index (κ3) is 6.59. The van der Waals surface area contributed by atoms with E-state index in [0.717, 1.165) is 65.1 Å². The Kier molecular flexibility index (Phi) is 9.06. The average molecular weight is 437 g/mol. The van der Waals surface area contributed by atoms with E-state index in [-0.39, 0.29) is 0 Å². The molecule has 1 aliphatic heterocycles. The maximum atomic E-state index is 5.50. The molecule has 2 aromatic rings. The molecule has 0 spiro atoms. The smallest absolute Gasteiger partial charge is 0.0607 e. The molecule has 174 valence electrons. The first-order valence-corrected chi connectivity index (χ1v) is 12.4. The van der Waals surface area contributed by atoms with Crippen LogP contribution in [0.15, 0.2) is 48.7 Å². The minimum atomic E-state index is 0.437. The number of hydrogen-bond donors (Lipinski definition) is 3. The van der Waals surface area contributed by atoms with E-state index in [1.807, 2.05) is 6.20 Å². The van der Waals surface area contributed by atoms with Crippen molar-refractivity contribution in [2.75, 3.05) is 45.8 Å². The number of benzene rings is 1. The van der Waals surface area contributed by atoms with Gasteiger partial charge in [-0.1, -0.05) is 36.4 Å². The van der Waals surface area contributed by atoms with Gasteiger partial charge in [-0.2, -0.15) is 0 Å². The van der Waals surface area contributed by atoms with Gasteiger partial charge in [0, 0.05) is 51.5 Å². The number of hydrazine groups is 1. The van der Waals surface area contributed by atoms with Gasteiger partial charge in [0.2, 0.25) is 0 Å². The average Bonchev–Trinajstić information content (AvgIpc) is 2.85. The Morgan fingerprint density at radius 1 is 1.16 bits per heavy atom. The summed E-state index contributed by atoms with van der Waals surface area (Å²) in [4.78, 5) is 10.2. The lowest BCUT2D eigenvalue weighted by atomic mass is 9.90. The summed E-state index contributed by atoms with van der Waals surface area (Å²) in [6.07, 6.45) is 9.00. The highest BCUT2D eigenvalue weighted by molar-refractivity contribution is 5.25. The van der Waals surface area contributed by atoms with Crippen molar-refractivity contribution in [2.45, 2.75) is 50.6 Å². The number of nitrogens with one attached hydrogen (secondary N) is 2. The van der Waals surface area contributed by atoms with Gasteiger partial charge in [-0.05, 0) is 62.3 Å². The number of unbranched alkanes of at least 4 members (excludes halogenated alkanes) is 1. The van der Waals surface area contributed by atoms with Crippen LogP contribution in [0.5, 0.6) is 0 Å². The van der Waals surface area contributed by atoms with Crippen LogP contribution in [0.2, 0.25) is 0 Å². The van der Waals surface area contributed by atoms with Crippen LogP contribution in [0.4, 0.5) is 0 Å². The zero-order valence-corrected chi connectivity index (χ0v) is 19.4. The molecule has 2 atom stereocenters. The fraction of sp³-hybridized carbons (Fsp3) is 0.577. The third-order valence-electron chi connectivity index (χ3n) is 6.98. The Hall–Kier alpha value is -1.83. The highest BCUT2D eigenvalue weighted by atomic mass is 15.2. The van der Waals surface area contributed by atoms with Crippen molar-refractivity contribution in [3.63, 3.8) is 0 Å². The number of nitrogens with zero attached hydrogens (tertiary/aromatic N) is 3. The fourth-order valence-corrected chi connectivity index (χ4v) is 5.29. The lowest BCUT2D eigenvalue weighted by Gasteiger charge is -2.40. The minimum Gasteiger partial charge on any atom is -0.310 e. The molecule has 32 heavy (non-hydrogen) atoms. The largest absolute Gasteiger partial charge is 0.310 e. The number of pyridine rings is 1. The second-order valence-electron chi connectivity index (χ2n) is 9.30. The molecule has 1 aromatic carbocycles. The van der Waals surface area contributed by atoms with E-state index in [4.69, 9.17) is 10.8 Å². The van der Waals surface area contributed by atoms with Crippen molar-refractivity contribution in [1.82, 2.24) is 25.5 Å². The molecule has 4 N–H and O–H groups in total. The summed E-state index contributed by atoms with van der Waals surface area (Å²) in [7, 11) is 0. The van der Waals surface area contributed by atoms with Gasteiger partial charge >= 0.3 is 0 Å². The predicted molar refractivity (Wildman–Crippen MR) is 131 cm³/mol. The number of aryl methyl sites for hydroxylation is 1. The number of hydrogen-bond acceptors (Lipinski definition) is 6. The molecule has 6 heteroatoms. The molecule has 0 saturated carbocycles. The molecule has 4 rings (SSSR count). The molecule has 1 fully saturated rings. The molecule has 1 aromatic heterocycles. The highest BCUT2D eigenvalue weighted by Crippen LogP contribution is 2.33. The summed E-state index contributed by atoms with van der Waals surface area (Å²) in [5.41, 5.74) is 6.99. The van der Waals surface area contributed by atoms with Gasteiger partial charge < -0.3 is 10.2 Å². The zero-order valence-electron chi connectivity index (χ0n) is 19.4. The Morgan fingerprint density at radius 2 is 2.06 bits per heavy atom. The number of aromatic nitrogens is 1. The molecule has 0 bridgehead atoms. The van der Waals surface area contributed by atoms with Gasteiger partial charge in [0.05, 0.1) is 11.7 Å². The van der Waals surface area contributed by atoms with Gasteiger partial charge in [-0.25, -0.2) is 0 Å². The van der Waals surface area contributed by atoms with Gasteiger partial charge in [-0.15, -0.1) is 0 Å². The van der Waals surface area contributed by atoms with Gasteiger partial charge in [0.25, 0.3) is 0 Å². The Morgan fingerprint density at radius 3 is 2.94 bits per heavy atom. The second kappa shape index (κ2) is 12.4. The van der Waals surface area contributed by atoms with Crippen molar-refractivity contribution in [2.24, 2.45) is 5.84 Å². The van der Waals surface area contributed by atoms with E-state index in [1.54, 1.807) is 0 Å². The quantitative estimate of drug-likeness (QED) is 0.286. The lowest BCUT2D eigenvalue weighted by molar-refractivity contribution is 0.119. The van der Waals surface area contributed by atoms with Crippen LogP contribution >= 0.6 is 0 Å². The van der Waals surface area contributed by atoms with E-state index in [0.29, 0.717) is 12.1 Å². The number of nitrogens with two attached hydrogens (primary N) is 1. The zero-order chi connectivity index (χ0) is 22.0. The summed E-state index contributed by atoms with van der Waals surface area (Å²) < 4.78 is 0. The normalized spacial score (nSPS) is 21.6. The highest BCUT2D eigenvalue weighted by Gasteiger charge is 2.30. The van der Waals surface area contributed by atoms with Crippen molar-refractivity contribution < 1.29 is 0 Å². The fourth-order valence-electron chi connectivity index (χ4n) is 5.29. The van der Waals surface area contributed by atoms with Crippen LogP contribution in [0, 0.1) is 0 Å². The van der Waals surface area contributed by atoms with E-state index in [1.165, 1.54) is 36.1 Å². The molecule has 6 nitrogen and oxygen atoms in total. The van der Waals surface area contributed by atoms with Gasteiger partial charge in [0.15, 0.2) is 0 Å². The summed E-state index contributed by atoms with van der Waals surface area (Å²) in [6, 6.07) is 16.2. The number of fused-ring (bicyclic) bond motifs is 1. The molecule has 2 heterocycles. The van der Waals surface area contributed by atoms with Crippen molar-refractivity contribution in [1.29, 1.82) is 0 Å². The molecule has 1 saturated heterocycles. The summed E-state index contributed by atoms with van der Waals surface area (Å²) >= 11 is 0. The molecule has 0 radical (unpaired) electrons. The van der Waals surface area contributed by atoms with E-state index in [2.05, 4.69) is 63.0 Å². The molecule has 1 aliphatic carbocycles. The number of piperazine rings is 1. The molecular weight excluding hydrogens is 396 g/mol. The third-order valence-corrected chi connectivity index (χ3v) is 6.98. The first-order valence-electron chi connectivity index (χ1n) is 12.4. The maximum absolute atomic E-state index is 5.50. The predicted octanol–water partition coefficient (Wildman–Crippen LogP) is 2.52. The molecular formula is C26H40N6. The number of rotatable bonds is 11. The van der Waals surface area contributed by atoms with Crippen LogP contribution in [0.25, 0.3) is 0 Å². The van der Waals surface area contributed by atoms with E-state index < -0.39 is 0 Å². The van der Waals surface area contributed by atoms with E-state index in [9.17, 15) is 0 Å². The molecule has 0 unspecified atom stereocenters. The lowest BCUT2D eigenvalue weighted by Crippen LogP contribution is -2.55.